The molecular weight excluding hydrogens is 298 g/mol. The van der Waals surface area contributed by atoms with Crippen LogP contribution in [0.15, 0.2) is 0 Å². The van der Waals surface area contributed by atoms with Gasteiger partial charge in [-0.25, -0.2) is 4.98 Å². The second kappa shape index (κ2) is 6.64. The van der Waals surface area contributed by atoms with Crippen molar-refractivity contribution in [3.05, 3.63) is 15.6 Å². The van der Waals surface area contributed by atoms with Gasteiger partial charge in [-0.2, -0.15) is 0 Å². The number of thiazole rings is 1. The average molecular weight is 323 g/mol. The molecule has 1 saturated heterocycles. The van der Waals surface area contributed by atoms with Crippen molar-refractivity contribution in [3.63, 3.8) is 0 Å². The summed E-state index contributed by atoms with van der Waals surface area (Å²) >= 11 is 1.53. The van der Waals surface area contributed by atoms with E-state index in [0.717, 1.165) is 67.4 Å². The third-order valence-corrected chi connectivity index (χ3v) is 6.14. The highest BCUT2D eigenvalue weighted by Crippen LogP contribution is 2.26. The molecule has 122 valence electrons. The Bertz CT molecular complexity index is 537. The molecule has 5 nitrogen and oxygen atoms in total. The molecule has 0 bridgehead atoms. The monoisotopic (exact) mass is 323 g/mol. The van der Waals surface area contributed by atoms with Crippen molar-refractivity contribution in [1.29, 1.82) is 0 Å². The van der Waals surface area contributed by atoms with Crippen molar-refractivity contribution >= 4 is 17.2 Å². The smallest absolute Gasteiger partial charge is 0.265 e. The van der Waals surface area contributed by atoms with Crippen LogP contribution in [0.5, 0.6) is 0 Å². The van der Waals surface area contributed by atoms with Crippen LogP contribution in [0, 0.1) is 6.92 Å². The largest absolute Gasteiger partial charge is 0.391 e. The Morgan fingerprint density at radius 1 is 1.32 bits per heavy atom. The number of aryl methyl sites for hydroxylation is 2. The number of rotatable bonds is 3. The molecule has 2 atom stereocenters. The molecule has 1 aliphatic heterocycles. The number of carbonyl (C=O) groups excluding carboxylic acids is 1. The first kappa shape index (κ1) is 15.9. The van der Waals surface area contributed by atoms with Gasteiger partial charge in [0.2, 0.25) is 0 Å². The summed E-state index contributed by atoms with van der Waals surface area (Å²) in [4.78, 5) is 22.2. The van der Waals surface area contributed by atoms with Gasteiger partial charge in [0.25, 0.3) is 5.91 Å². The molecular formula is C16H25N3O2S. The number of aromatic nitrogens is 1. The Kier molecular flexibility index (Phi) is 4.80. The maximum absolute atomic E-state index is 12.7. The predicted molar refractivity (Wildman–Crippen MR) is 87.4 cm³/mol. The summed E-state index contributed by atoms with van der Waals surface area (Å²) in [5.74, 6) is 0.126. The van der Waals surface area contributed by atoms with Gasteiger partial charge in [0.15, 0.2) is 0 Å². The molecule has 1 aromatic rings. The van der Waals surface area contributed by atoms with Crippen molar-refractivity contribution in [1.82, 2.24) is 14.8 Å². The van der Waals surface area contributed by atoms with Gasteiger partial charge in [0.05, 0.1) is 16.8 Å². The van der Waals surface area contributed by atoms with Gasteiger partial charge in [0.1, 0.15) is 4.88 Å². The number of nitrogens with zero attached hydrogens (tertiary/aromatic N) is 3. The zero-order valence-corrected chi connectivity index (χ0v) is 14.2. The van der Waals surface area contributed by atoms with Crippen LogP contribution in [0.1, 0.15) is 46.6 Å². The minimum atomic E-state index is -0.182. The second-order valence-corrected chi connectivity index (χ2v) is 7.35. The van der Waals surface area contributed by atoms with Crippen LogP contribution >= 0.6 is 11.3 Å². The number of aliphatic hydroxyl groups is 1. The highest BCUT2D eigenvalue weighted by molar-refractivity contribution is 7.13. The van der Waals surface area contributed by atoms with E-state index < -0.39 is 0 Å². The number of carbonyl (C=O) groups is 1. The van der Waals surface area contributed by atoms with Crippen molar-refractivity contribution < 1.29 is 9.90 Å². The van der Waals surface area contributed by atoms with Gasteiger partial charge >= 0.3 is 0 Å². The summed E-state index contributed by atoms with van der Waals surface area (Å²) in [6.45, 7) is 7.23. The maximum atomic E-state index is 12.7. The molecule has 1 saturated carbocycles. The van der Waals surface area contributed by atoms with Gasteiger partial charge in [-0.15, -0.1) is 11.3 Å². The molecule has 1 aliphatic carbocycles. The van der Waals surface area contributed by atoms with E-state index in [1.807, 2.05) is 11.8 Å². The van der Waals surface area contributed by atoms with Crippen LogP contribution in [0.4, 0.5) is 0 Å². The first-order valence-corrected chi connectivity index (χ1v) is 9.09. The van der Waals surface area contributed by atoms with Crippen LogP contribution in [-0.4, -0.2) is 64.1 Å². The fraction of sp³-hybridized carbons (Fsp3) is 0.750. The minimum Gasteiger partial charge on any atom is -0.391 e. The molecule has 2 aliphatic rings. The molecule has 0 spiro atoms. The normalized spacial score (nSPS) is 26.6. The van der Waals surface area contributed by atoms with Crippen molar-refractivity contribution in [2.75, 3.05) is 26.2 Å². The number of aliphatic hydroxyl groups excluding tert-OH is 1. The average Bonchev–Trinajstić information content (AvgIpc) is 3.12. The SMILES string of the molecule is CCc1nc(C)c(C(=O)N2CCN([C@@H]3CCC[C@@H]3O)CC2)s1. The molecule has 1 amide bonds. The van der Waals surface area contributed by atoms with E-state index in [2.05, 4.69) is 16.8 Å². The van der Waals surface area contributed by atoms with Crippen LogP contribution in [0.3, 0.4) is 0 Å². The van der Waals surface area contributed by atoms with Gasteiger partial charge in [0, 0.05) is 32.2 Å². The lowest BCUT2D eigenvalue weighted by Gasteiger charge is -2.39. The lowest BCUT2D eigenvalue weighted by Crippen LogP contribution is -2.53. The van der Waals surface area contributed by atoms with E-state index in [1.165, 1.54) is 11.3 Å². The molecule has 0 unspecified atom stereocenters. The quantitative estimate of drug-likeness (QED) is 0.919. The van der Waals surface area contributed by atoms with E-state index in [4.69, 9.17) is 0 Å². The third-order valence-electron chi connectivity index (χ3n) is 4.85. The lowest BCUT2D eigenvalue weighted by atomic mass is 10.1. The Morgan fingerprint density at radius 2 is 2.05 bits per heavy atom. The van der Waals surface area contributed by atoms with E-state index in [9.17, 15) is 9.90 Å². The fourth-order valence-corrected chi connectivity index (χ4v) is 4.52. The van der Waals surface area contributed by atoms with Crippen molar-refractivity contribution in [2.45, 2.75) is 51.7 Å². The molecule has 1 aromatic heterocycles. The molecule has 3 rings (SSSR count). The molecule has 6 heteroatoms. The Balaban J connectivity index is 1.61. The van der Waals surface area contributed by atoms with Gasteiger partial charge in [-0.05, 0) is 32.6 Å². The highest BCUT2D eigenvalue weighted by Gasteiger charge is 2.34. The summed E-state index contributed by atoms with van der Waals surface area (Å²) in [6, 6.07) is 0.300. The van der Waals surface area contributed by atoms with E-state index >= 15 is 0 Å². The summed E-state index contributed by atoms with van der Waals surface area (Å²) < 4.78 is 0. The van der Waals surface area contributed by atoms with Crippen molar-refractivity contribution in [2.24, 2.45) is 0 Å². The maximum Gasteiger partial charge on any atom is 0.265 e. The third kappa shape index (κ3) is 3.05. The number of piperazine rings is 1. The van der Waals surface area contributed by atoms with Crippen LogP contribution in [0.25, 0.3) is 0 Å². The van der Waals surface area contributed by atoms with E-state index in [1.54, 1.807) is 0 Å². The minimum absolute atomic E-state index is 0.126. The van der Waals surface area contributed by atoms with Crippen LogP contribution < -0.4 is 0 Å². The standard InChI is InChI=1S/C16H25N3O2S/c1-3-14-17-11(2)15(22-14)16(21)19-9-7-18(8-10-19)12-5-4-6-13(12)20/h12-13,20H,3-10H2,1-2H3/t12-,13+/m1/s1. The van der Waals surface area contributed by atoms with Crippen molar-refractivity contribution in [3.8, 4) is 0 Å². The van der Waals surface area contributed by atoms with Crippen LogP contribution in [-0.2, 0) is 6.42 Å². The summed E-state index contributed by atoms with van der Waals surface area (Å²) in [5, 5.41) is 11.1. The topological polar surface area (TPSA) is 56.7 Å². The predicted octanol–water partition coefficient (Wildman–Crippen LogP) is 1.69. The molecule has 22 heavy (non-hydrogen) atoms. The highest BCUT2D eigenvalue weighted by atomic mass is 32.1. The lowest BCUT2D eigenvalue weighted by molar-refractivity contribution is 0.0317. The molecule has 2 fully saturated rings. The Morgan fingerprint density at radius 3 is 2.59 bits per heavy atom. The van der Waals surface area contributed by atoms with Gasteiger partial charge < -0.3 is 10.0 Å². The van der Waals surface area contributed by atoms with E-state index in [0.29, 0.717) is 6.04 Å². The van der Waals surface area contributed by atoms with Crippen LogP contribution in [0.2, 0.25) is 0 Å². The number of hydrogen-bond acceptors (Lipinski definition) is 5. The zero-order chi connectivity index (χ0) is 15.7. The fourth-order valence-electron chi connectivity index (χ4n) is 3.55. The Hall–Kier alpha value is -0.980. The number of amides is 1. The Labute approximate surface area is 135 Å². The number of hydrogen-bond donors (Lipinski definition) is 1. The van der Waals surface area contributed by atoms with Gasteiger partial charge in [-0.1, -0.05) is 6.92 Å². The first-order valence-electron chi connectivity index (χ1n) is 8.27. The van der Waals surface area contributed by atoms with E-state index in [-0.39, 0.29) is 12.0 Å². The molecule has 0 radical (unpaired) electrons. The zero-order valence-electron chi connectivity index (χ0n) is 13.4. The molecule has 1 N–H and O–H groups in total. The molecule has 2 heterocycles. The first-order chi connectivity index (χ1) is 10.6. The summed E-state index contributed by atoms with van der Waals surface area (Å²) in [7, 11) is 0. The second-order valence-electron chi connectivity index (χ2n) is 6.27. The molecule has 0 aromatic carbocycles. The van der Waals surface area contributed by atoms with Gasteiger partial charge in [-0.3, -0.25) is 9.69 Å². The summed E-state index contributed by atoms with van der Waals surface area (Å²) in [6.07, 6.45) is 3.82. The summed E-state index contributed by atoms with van der Waals surface area (Å²) in [5.41, 5.74) is 0.862.